The summed E-state index contributed by atoms with van der Waals surface area (Å²) in [5.41, 5.74) is 8.90. The van der Waals surface area contributed by atoms with Crippen molar-refractivity contribution in [1.29, 1.82) is 0 Å². The van der Waals surface area contributed by atoms with Crippen LogP contribution >= 0.6 is 0 Å². The van der Waals surface area contributed by atoms with E-state index >= 15 is 0 Å². The molecule has 3 rings (SSSR count). The summed E-state index contributed by atoms with van der Waals surface area (Å²) < 4.78 is 13.4. The molecule has 0 bridgehead atoms. The SMILES string of the molecule is Cc1cc(-c2[nH]nc(N)c2N=Nc2ccccc2)ccc1F. The summed E-state index contributed by atoms with van der Waals surface area (Å²) in [6.07, 6.45) is 0. The maximum absolute atomic E-state index is 13.4. The fourth-order valence-corrected chi connectivity index (χ4v) is 2.06. The van der Waals surface area contributed by atoms with Crippen LogP contribution in [-0.2, 0) is 0 Å². The van der Waals surface area contributed by atoms with E-state index in [2.05, 4.69) is 20.4 Å². The Bertz CT molecular complexity index is 824. The molecule has 6 heteroatoms. The minimum Gasteiger partial charge on any atom is -0.380 e. The fourth-order valence-electron chi connectivity index (χ4n) is 2.06. The topological polar surface area (TPSA) is 79.4 Å². The number of rotatable bonds is 3. The first kappa shape index (κ1) is 13.9. The molecule has 0 aliphatic carbocycles. The molecule has 22 heavy (non-hydrogen) atoms. The van der Waals surface area contributed by atoms with Crippen LogP contribution in [0.1, 0.15) is 5.56 Å². The van der Waals surface area contributed by atoms with Crippen LogP contribution < -0.4 is 5.73 Å². The molecule has 1 heterocycles. The first-order valence-corrected chi connectivity index (χ1v) is 6.72. The molecule has 0 aliphatic heterocycles. The zero-order valence-corrected chi connectivity index (χ0v) is 11.9. The Morgan fingerprint density at radius 2 is 1.86 bits per heavy atom. The van der Waals surface area contributed by atoms with E-state index < -0.39 is 0 Å². The molecule has 0 aliphatic rings. The molecule has 3 aromatic rings. The molecule has 0 saturated carbocycles. The molecule has 1 aromatic heterocycles. The van der Waals surface area contributed by atoms with Gasteiger partial charge in [-0.15, -0.1) is 5.11 Å². The number of azo groups is 1. The highest BCUT2D eigenvalue weighted by Crippen LogP contribution is 2.34. The number of nitrogen functional groups attached to an aromatic ring is 1. The molecular weight excluding hydrogens is 281 g/mol. The monoisotopic (exact) mass is 295 g/mol. The van der Waals surface area contributed by atoms with Gasteiger partial charge in [0.25, 0.3) is 0 Å². The lowest BCUT2D eigenvalue weighted by atomic mass is 10.1. The molecule has 0 saturated heterocycles. The molecular formula is C16H14FN5. The van der Waals surface area contributed by atoms with Crippen molar-refractivity contribution >= 4 is 17.2 Å². The number of anilines is 1. The van der Waals surface area contributed by atoms with Crippen LogP contribution in [0.25, 0.3) is 11.3 Å². The van der Waals surface area contributed by atoms with Crippen molar-refractivity contribution in [3.05, 3.63) is 59.9 Å². The predicted molar refractivity (Wildman–Crippen MR) is 83.7 cm³/mol. The third kappa shape index (κ3) is 2.71. The van der Waals surface area contributed by atoms with Crippen LogP contribution in [0.5, 0.6) is 0 Å². The van der Waals surface area contributed by atoms with Gasteiger partial charge in [-0.1, -0.05) is 18.2 Å². The molecule has 0 atom stereocenters. The average Bonchev–Trinajstić information content (AvgIpc) is 2.90. The quantitative estimate of drug-likeness (QED) is 0.696. The van der Waals surface area contributed by atoms with Gasteiger partial charge < -0.3 is 5.73 Å². The van der Waals surface area contributed by atoms with Gasteiger partial charge in [0.2, 0.25) is 0 Å². The number of nitrogens with two attached hydrogens (primary N) is 1. The zero-order chi connectivity index (χ0) is 15.5. The number of aryl methyl sites for hydroxylation is 1. The van der Waals surface area contributed by atoms with Crippen molar-refractivity contribution in [3.8, 4) is 11.3 Å². The van der Waals surface area contributed by atoms with E-state index in [4.69, 9.17) is 5.73 Å². The lowest BCUT2D eigenvalue weighted by Crippen LogP contribution is -1.85. The number of halogens is 1. The van der Waals surface area contributed by atoms with Crippen LogP contribution in [-0.4, -0.2) is 10.2 Å². The zero-order valence-electron chi connectivity index (χ0n) is 11.9. The number of hydrogen-bond acceptors (Lipinski definition) is 4. The van der Waals surface area contributed by atoms with Crippen LogP contribution in [0.3, 0.4) is 0 Å². The summed E-state index contributed by atoms with van der Waals surface area (Å²) in [6, 6.07) is 14.1. The molecule has 110 valence electrons. The minimum absolute atomic E-state index is 0.247. The molecule has 0 radical (unpaired) electrons. The van der Waals surface area contributed by atoms with E-state index in [9.17, 15) is 4.39 Å². The van der Waals surface area contributed by atoms with Gasteiger partial charge in [0.15, 0.2) is 11.5 Å². The van der Waals surface area contributed by atoms with Gasteiger partial charge in [0, 0.05) is 5.56 Å². The smallest absolute Gasteiger partial charge is 0.173 e. The summed E-state index contributed by atoms with van der Waals surface area (Å²) in [5.74, 6) is -0.0136. The first-order valence-electron chi connectivity index (χ1n) is 6.72. The third-order valence-electron chi connectivity index (χ3n) is 3.24. The van der Waals surface area contributed by atoms with Gasteiger partial charge in [-0.05, 0) is 42.8 Å². The van der Waals surface area contributed by atoms with E-state index in [1.54, 1.807) is 19.1 Å². The van der Waals surface area contributed by atoms with Crippen molar-refractivity contribution < 1.29 is 4.39 Å². The number of nitrogens with zero attached hydrogens (tertiary/aromatic N) is 3. The van der Waals surface area contributed by atoms with Gasteiger partial charge in [-0.3, -0.25) is 5.10 Å². The van der Waals surface area contributed by atoms with Crippen molar-refractivity contribution in [3.63, 3.8) is 0 Å². The Balaban J connectivity index is 2.00. The van der Waals surface area contributed by atoms with E-state index in [1.807, 2.05) is 30.3 Å². The van der Waals surface area contributed by atoms with Crippen molar-refractivity contribution in [2.24, 2.45) is 10.2 Å². The largest absolute Gasteiger partial charge is 0.380 e. The van der Waals surface area contributed by atoms with Gasteiger partial charge in [0.05, 0.1) is 11.4 Å². The summed E-state index contributed by atoms with van der Waals surface area (Å²) in [4.78, 5) is 0. The molecule has 0 amide bonds. The standard InChI is InChI=1S/C16H14FN5/c1-10-9-11(7-8-13(10)17)14-15(16(18)22-20-14)21-19-12-5-3-2-4-6-12/h2-9H,1H3,(H3,18,20,22). The van der Waals surface area contributed by atoms with Crippen LogP contribution in [0, 0.1) is 12.7 Å². The lowest BCUT2D eigenvalue weighted by Gasteiger charge is -2.02. The van der Waals surface area contributed by atoms with E-state index in [-0.39, 0.29) is 11.6 Å². The van der Waals surface area contributed by atoms with Gasteiger partial charge >= 0.3 is 0 Å². The molecule has 0 spiro atoms. The number of aromatic amines is 1. The molecule has 0 fully saturated rings. The van der Waals surface area contributed by atoms with Gasteiger partial charge in [-0.25, -0.2) is 4.39 Å². The second-order valence-corrected chi connectivity index (χ2v) is 4.83. The van der Waals surface area contributed by atoms with Gasteiger partial charge in [0.1, 0.15) is 5.82 Å². The van der Waals surface area contributed by atoms with Crippen LogP contribution in [0.2, 0.25) is 0 Å². The Morgan fingerprint density at radius 3 is 2.59 bits per heavy atom. The summed E-state index contributed by atoms with van der Waals surface area (Å²) in [6.45, 7) is 1.70. The van der Waals surface area contributed by atoms with E-state index in [0.717, 1.165) is 5.56 Å². The number of aromatic nitrogens is 2. The highest BCUT2D eigenvalue weighted by atomic mass is 19.1. The Labute approximate surface area is 126 Å². The second-order valence-electron chi connectivity index (χ2n) is 4.83. The second kappa shape index (κ2) is 5.77. The van der Waals surface area contributed by atoms with Gasteiger partial charge in [-0.2, -0.15) is 10.2 Å². The van der Waals surface area contributed by atoms with Crippen molar-refractivity contribution in [1.82, 2.24) is 10.2 Å². The summed E-state index contributed by atoms with van der Waals surface area (Å²) in [5, 5.41) is 15.1. The highest BCUT2D eigenvalue weighted by Gasteiger charge is 2.13. The summed E-state index contributed by atoms with van der Waals surface area (Å²) in [7, 11) is 0. The average molecular weight is 295 g/mol. The maximum Gasteiger partial charge on any atom is 0.173 e. The minimum atomic E-state index is -0.260. The van der Waals surface area contributed by atoms with E-state index in [1.165, 1.54) is 6.07 Å². The molecule has 2 aromatic carbocycles. The van der Waals surface area contributed by atoms with Crippen molar-refractivity contribution in [2.75, 3.05) is 5.73 Å². The lowest BCUT2D eigenvalue weighted by molar-refractivity contribution is 0.619. The Hall–Kier alpha value is -3.02. The normalized spacial score (nSPS) is 11.2. The van der Waals surface area contributed by atoms with Crippen LogP contribution in [0.4, 0.5) is 21.6 Å². The Kier molecular flexibility index (Phi) is 3.65. The first-order chi connectivity index (χ1) is 10.6. The van der Waals surface area contributed by atoms with Crippen molar-refractivity contribution in [2.45, 2.75) is 6.92 Å². The highest BCUT2D eigenvalue weighted by molar-refractivity contribution is 5.79. The third-order valence-corrected chi connectivity index (χ3v) is 3.24. The number of benzene rings is 2. The number of H-pyrrole nitrogens is 1. The van der Waals surface area contributed by atoms with E-state index in [0.29, 0.717) is 22.6 Å². The molecule has 5 nitrogen and oxygen atoms in total. The molecule has 3 N–H and O–H groups in total. The fraction of sp³-hybridized carbons (Fsp3) is 0.0625. The Morgan fingerprint density at radius 1 is 1.09 bits per heavy atom. The number of nitrogens with one attached hydrogen (secondary N) is 1. The number of hydrogen-bond donors (Lipinski definition) is 2. The maximum atomic E-state index is 13.4. The van der Waals surface area contributed by atoms with Crippen LogP contribution in [0.15, 0.2) is 58.8 Å². The summed E-state index contributed by atoms with van der Waals surface area (Å²) >= 11 is 0. The predicted octanol–water partition coefficient (Wildman–Crippen LogP) is 4.52. The molecule has 0 unspecified atom stereocenters.